The van der Waals surface area contributed by atoms with Gasteiger partial charge >= 0.3 is 0 Å². The quantitative estimate of drug-likeness (QED) is 0.806. The minimum atomic E-state index is -3.57. The zero-order valence-electron chi connectivity index (χ0n) is 15.5. The Morgan fingerprint density at radius 3 is 2.22 bits per heavy atom. The number of benzene rings is 2. The van der Waals surface area contributed by atoms with Crippen LogP contribution in [0.4, 0.5) is 4.39 Å². The molecule has 0 N–H and O–H groups in total. The second-order valence-corrected chi connectivity index (χ2v) is 8.76. The van der Waals surface area contributed by atoms with E-state index in [0.717, 1.165) is 16.7 Å². The Bertz CT molecular complexity index is 934. The van der Waals surface area contributed by atoms with Crippen LogP contribution in [0, 0.1) is 19.7 Å². The fraction of sp³-hybridized carbons (Fsp3) is 0.350. The summed E-state index contributed by atoms with van der Waals surface area (Å²) in [6.45, 7) is 4.96. The van der Waals surface area contributed by atoms with Crippen LogP contribution in [0.5, 0.6) is 0 Å². The second-order valence-electron chi connectivity index (χ2n) is 6.86. The van der Waals surface area contributed by atoms with Crippen molar-refractivity contribution >= 4 is 15.9 Å². The highest BCUT2D eigenvalue weighted by Gasteiger charge is 2.30. The molecule has 1 heterocycles. The van der Waals surface area contributed by atoms with Gasteiger partial charge in [-0.15, -0.1) is 0 Å². The summed E-state index contributed by atoms with van der Waals surface area (Å²) >= 11 is 0. The van der Waals surface area contributed by atoms with Crippen LogP contribution in [0.1, 0.15) is 16.7 Å². The van der Waals surface area contributed by atoms with E-state index in [1.807, 2.05) is 13.0 Å². The summed E-state index contributed by atoms with van der Waals surface area (Å²) in [6, 6.07) is 11.1. The number of piperazine rings is 1. The van der Waals surface area contributed by atoms with Gasteiger partial charge in [0.15, 0.2) is 0 Å². The zero-order valence-corrected chi connectivity index (χ0v) is 16.3. The molecule has 0 aromatic heterocycles. The topological polar surface area (TPSA) is 57.7 Å². The fourth-order valence-corrected chi connectivity index (χ4v) is 4.92. The fourth-order valence-electron chi connectivity index (χ4n) is 3.29. The van der Waals surface area contributed by atoms with Crippen molar-refractivity contribution in [2.45, 2.75) is 25.2 Å². The minimum Gasteiger partial charge on any atom is -0.340 e. The number of sulfonamides is 1. The molecule has 3 rings (SSSR count). The number of amides is 1. The molecular weight excluding hydrogens is 367 g/mol. The number of carbonyl (C=O) groups is 1. The number of halogens is 1. The average Bonchev–Trinajstić information content (AvgIpc) is 2.63. The van der Waals surface area contributed by atoms with Crippen molar-refractivity contribution in [3.05, 3.63) is 65.0 Å². The molecule has 1 amide bonds. The van der Waals surface area contributed by atoms with Crippen molar-refractivity contribution in [1.82, 2.24) is 9.21 Å². The first kappa shape index (κ1) is 19.5. The molecular formula is C20H23FN2O3S. The molecule has 144 valence electrons. The molecule has 2 aromatic carbocycles. The lowest BCUT2D eigenvalue weighted by atomic mass is 10.1. The number of rotatable bonds is 4. The van der Waals surface area contributed by atoms with Gasteiger partial charge in [-0.05, 0) is 43.2 Å². The van der Waals surface area contributed by atoms with Crippen LogP contribution in [0.15, 0.2) is 47.4 Å². The SMILES string of the molecule is Cc1ccc(S(=O)(=O)N2CCN(C(=O)Cc3ccc(F)cc3)CC2)c(C)c1. The molecule has 0 atom stereocenters. The summed E-state index contributed by atoms with van der Waals surface area (Å²) in [5.74, 6) is -0.415. The Kier molecular flexibility index (Phi) is 5.62. The van der Waals surface area contributed by atoms with Gasteiger partial charge in [0, 0.05) is 26.2 Å². The Labute approximate surface area is 159 Å². The molecule has 27 heavy (non-hydrogen) atoms. The first-order valence-electron chi connectivity index (χ1n) is 8.87. The van der Waals surface area contributed by atoms with Crippen molar-refractivity contribution in [1.29, 1.82) is 0 Å². The van der Waals surface area contributed by atoms with E-state index >= 15 is 0 Å². The lowest BCUT2D eigenvalue weighted by molar-refractivity contribution is -0.131. The Hall–Kier alpha value is -2.25. The second kappa shape index (κ2) is 7.78. The van der Waals surface area contributed by atoms with Crippen LogP contribution < -0.4 is 0 Å². The molecule has 5 nitrogen and oxygen atoms in total. The van der Waals surface area contributed by atoms with Crippen LogP contribution in [-0.2, 0) is 21.2 Å². The van der Waals surface area contributed by atoms with Gasteiger partial charge in [0.2, 0.25) is 15.9 Å². The standard InChI is InChI=1S/C20H23FN2O3S/c1-15-3-8-19(16(2)13-15)27(25,26)23-11-9-22(10-12-23)20(24)14-17-4-6-18(21)7-5-17/h3-8,13H,9-12,14H2,1-2H3. The van der Waals surface area contributed by atoms with Gasteiger partial charge in [-0.25, -0.2) is 12.8 Å². The summed E-state index contributed by atoms with van der Waals surface area (Å²) < 4.78 is 40.2. The third kappa shape index (κ3) is 4.36. The maximum absolute atomic E-state index is 13.0. The Morgan fingerprint density at radius 2 is 1.63 bits per heavy atom. The molecule has 2 aromatic rings. The number of hydrogen-bond acceptors (Lipinski definition) is 3. The van der Waals surface area contributed by atoms with E-state index < -0.39 is 10.0 Å². The summed E-state index contributed by atoms with van der Waals surface area (Å²) in [5, 5.41) is 0. The van der Waals surface area contributed by atoms with Gasteiger partial charge in [-0.3, -0.25) is 4.79 Å². The molecule has 1 fully saturated rings. The summed E-state index contributed by atoms with van der Waals surface area (Å²) in [6.07, 6.45) is 0.185. The van der Waals surface area contributed by atoms with E-state index in [1.165, 1.54) is 16.4 Å². The van der Waals surface area contributed by atoms with Crippen molar-refractivity contribution in [2.24, 2.45) is 0 Å². The number of nitrogens with zero attached hydrogens (tertiary/aromatic N) is 2. The number of hydrogen-bond donors (Lipinski definition) is 0. The van der Waals surface area contributed by atoms with Crippen LogP contribution in [0.25, 0.3) is 0 Å². The molecule has 0 bridgehead atoms. The first-order valence-corrected chi connectivity index (χ1v) is 10.3. The molecule has 1 saturated heterocycles. The minimum absolute atomic E-state index is 0.0785. The normalized spacial score (nSPS) is 15.7. The van der Waals surface area contributed by atoms with Crippen LogP contribution in [-0.4, -0.2) is 49.7 Å². The summed E-state index contributed by atoms with van der Waals surface area (Å²) in [4.78, 5) is 14.4. The lowest BCUT2D eigenvalue weighted by Gasteiger charge is -2.34. The van der Waals surface area contributed by atoms with E-state index in [-0.39, 0.29) is 31.2 Å². The van der Waals surface area contributed by atoms with Crippen LogP contribution in [0.3, 0.4) is 0 Å². The molecule has 1 aliphatic rings. The smallest absolute Gasteiger partial charge is 0.243 e. The highest BCUT2D eigenvalue weighted by atomic mass is 32.2. The molecule has 0 spiro atoms. The lowest BCUT2D eigenvalue weighted by Crippen LogP contribution is -2.50. The van der Waals surface area contributed by atoms with Gasteiger partial charge in [-0.1, -0.05) is 29.8 Å². The van der Waals surface area contributed by atoms with Gasteiger partial charge in [0.05, 0.1) is 11.3 Å². The van der Waals surface area contributed by atoms with Crippen LogP contribution in [0.2, 0.25) is 0 Å². The van der Waals surface area contributed by atoms with Gasteiger partial charge in [0.1, 0.15) is 5.82 Å². The molecule has 0 saturated carbocycles. The Balaban J connectivity index is 1.64. The van der Waals surface area contributed by atoms with Gasteiger partial charge < -0.3 is 4.90 Å². The van der Waals surface area contributed by atoms with E-state index in [2.05, 4.69) is 0 Å². The largest absolute Gasteiger partial charge is 0.340 e. The van der Waals surface area contributed by atoms with Crippen LogP contribution >= 0.6 is 0 Å². The molecule has 1 aliphatic heterocycles. The summed E-state index contributed by atoms with van der Waals surface area (Å²) in [7, 11) is -3.57. The average molecular weight is 390 g/mol. The first-order chi connectivity index (χ1) is 12.8. The maximum Gasteiger partial charge on any atom is 0.243 e. The Morgan fingerprint density at radius 1 is 1.00 bits per heavy atom. The van der Waals surface area contributed by atoms with Crippen molar-refractivity contribution in [3.8, 4) is 0 Å². The van der Waals surface area contributed by atoms with Crippen molar-refractivity contribution in [2.75, 3.05) is 26.2 Å². The van der Waals surface area contributed by atoms with E-state index in [4.69, 9.17) is 0 Å². The number of aryl methyl sites for hydroxylation is 2. The predicted molar refractivity (Wildman–Crippen MR) is 101 cm³/mol. The zero-order chi connectivity index (χ0) is 19.6. The van der Waals surface area contributed by atoms with Crippen molar-refractivity contribution < 1.29 is 17.6 Å². The molecule has 0 radical (unpaired) electrons. The predicted octanol–water partition coefficient (Wildman–Crippen LogP) is 2.52. The van der Waals surface area contributed by atoms with E-state index in [1.54, 1.807) is 36.1 Å². The molecule has 7 heteroatoms. The molecule has 0 unspecified atom stereocenters. The third-order valence-corrected chi connectivity index (χ3v) is 6.87. The highest BCUT2D eigenvalue weighted by Crippen LogP contribution is 2.22. The van der Waals surface area contributed by atoms with Gasteiger partial charge in [-0.2, -0.15) is 4.31 Å². The van der Waals surface area contributed by atoms with E-state index in [9.17, 15) is 17.6 Å². The van der Waals surface area contributed by atoms with Gasteiger partial charge in [0.25, 0.3) is 0 Å². The van der Waals surface area contributed by atoms with E-state index in [0.29, 0.717) is 18.0 Å². The summed E-state index contributed by atoms with van der Waals surface area (Å²) in [5.41, 5.74) is 2.49. The third-order valence-electron chi connectivity index (χ3n) is 4.81. The number of carbonyl (C=O) groups excluding carboxylic acids is 1. The molecule has 0 aliphatic carbocycles. The maximum atomic E-state index is 13.0. The van der Waals surface area contributed by atoms with Crippen molar-refractivity contribution in [3.63, 3.8) is 0 Å². The monoisotopic (exact) mass is 390 g/mol. The highest BCUT2D eigenvalue weighted by molar-refractivity contribution is 7.89.